The first-order valence-corrected chi connectivity index (χ1v) is 8.02. The van der Waals surface area contributed by atoms with Gasteiger partial charge in [0.15, 0.2) is 0 Å². The number of nitriles is 1. The van der Waals surface area contributed by atoms with Crippen LogP contribution in [0, 0.1) is 11.3 Å². The summed E-state index contributed by atoms with van der Waals surface area (Å²) in [7, 11) is -0.658. The molecule has 0 atom stereocenters. The van der Waals surface area contributed by atoms with Crippen LogP contribution < -0.4 is 10.3 Å². The Kier molecular flexibility index (Phi) is 4.05. The van der Waals surface area contributed by atoms with E-state index in [1.165, 1.54) is 0 Å². The van der Waals surface area contributed by atoms with Crippen molar-refractivity contribution in [2.24, 2.45) is 0 Å². The Morgan fingerprint density at radius 3 is 2.50 bits per heavy atom. The standard InChI is InChI=1S/C15H21BN4O4/c1-14(2)15(3,4)24-16(23-14)11-10-20(18-12(11)6-7-17)22-13(21)19-8-5-9-19/h10H,5-6,8-9H2,1-4H3. The molecule has 2 aliphatic rings. The molecule has 0 N–H and O–H groups in total. The van der Waals surface area contributed by atoms with Crippen LogP contribution in [0.25, 0.3) is 0 Å². The zero-order valence-electron chi connectivity index (χ0n) is 14.4. The van der Waals surface area contributed by atoms with Crippen LogP contribution in [0.5, 0.6) is 0 Å². The molecule has 0 spiro atoms. The van der Waals surface area contributed by atoms with Gasteiger partial charge in [-0.15, -0.1) is 5.10 Å². The van der Waals surface area contributed by atoms with Crippen LogP contribution in [0.1, 0.15) is 39.8 Å². The highest BCUT2D eigenvalue weighted by Crippen LogP contribution is 2.36. The Hall–Kier alpha value is -2.05. The highest BCUT2D eigenvalue weighted by Gasteiger charge is 2.52. The van der Waals surface area contributed by atoms with E-state index in [1.807, 2.05) is 27.7 Å². The van der Waals surface area contributed by atoms with E-state index in [0.29, 0.717) is 24.2 Å². The monoisotopic (exact) mass is 332 g/mol. The van der Waals surface area contributed by atoms with Gasteiger partial charge in [-0.05, 0) is 34.1 Å². The maximum Gasteiger partial charge on any atom is 0.498 e. The average molecular weight is 332 g/mol. The van der Waals surface area contributed by atoms with Crippen molar-refractivity contribution in [1.82, 2.24) is 14.8 Å². The summed E-state index contributed by atoms with van der Waals surface area (Å²) < 4.78 is 12.0. The number of rotatable bonds is 3. The molecule has 24 heavy (non-hydrogen) atoms. The Bertz CT molecular complexity index is 674. The minimum Gasteiger partial charge on any atom is -0.399 e. The van der Waals surface area contributed by atoms with E-state index >= 15 is 0 Å². The number of aromatic nitrogens is 2. The molecule has 0 radical (unpaired) electrons. The molecule has 3 heterocycles. The van der Waals surface area contributed by atoms with Crippen molar-refractivity contribution in [2.75, 3.05) is 13.1 Å². The molecule has 0 aliphatic carbocycles. The highest BCUT2D eigenvalue weighted by molar-refractivity contribution is 6.62. The smallest absolute Gasteiger partial charge is 0.399 e. The third kappa shape index (κ3) is 2.87. The van der Waals surface area contributed by atoms with Gasteiger partial charge in [-0.1, -0.05) is 4.85 Å². The Morgan fingerprint density at radius 1 is 1.38 bits per heavy atom. The molecule has 0 aromatic carbocycles. The van der Waals surface area contributed by atoms with Gasteiger partial charge in [0.05, 0.1) is 35.6 Å². The predicted molar refractivity (Wildman–Crippen MR) is 85.4 cm³/mol. The van der Waals surface area contributed by atoms with Crippen molar-refractivity contribution in [1.29, 1.82) is 5.26 Å². The second-order valence-electron chi connectivity index (χ2n) is 7.05. The van der Waals surface area contributed by atoms with Crippen molar-refractivity contribution in [3.05, 3.63) is 11.9 Å². The summed E-state index contributed by atoms with van der Waals surface area (Å²) in [6, 6.07) is 2.06. The van der Waals surface area contributed by atoms with Crippen LogP contribution in [-0.2, 0) is 15.7 Å². The predicted octanol–water partition coefficient (Wildman–Crippen LogP) is 0.503. The second kappa shape index (κ2) is 5.79. The largest absolute Gasteiger partial charge is 0.498 e. The van der Waals surface area contributed by atoms with Crippen molar-refractivity contribution in [3.8, 4) is 6.07 Å². The van der Waals surface area contributed by atoms with Gasteiger partial charge in [0.25, 0.3) is 0 Å². The molecular weight excluding hydrogens is 311 g/mol. The van der Waals surface area contributed by atoms with Gasteiger partial charge in [-0.3, -0.25) is 4.84 Å². The van der Waals surface area contributed by atoms with Crippen LogP contribution >= 0.6 is 0 Å². The van der Waals surface area contributed by atoms with Crippen molar-refractivity contribution in [3.63, 3.8) is 0 Å². The first-order chi connectivity index (χ1) is 11.2. The summed E-state index contributed by atoms with van der Waals surface area (Å²) in [6.07, 6.45) is 2.15. The first-order valence-electron chi connectivity index (χ1n) is 8.02. The number of hydrogen-bond acceptors (Lipinski definition) is 6. The molecule has 2 saturated heterocycles. The fourth-order valence-electron chi connectivity index (χ4n) is 2.46. The minimum absolute atomic E-state index is 0.0771. The van der Waals surface area contributed by atoms with Crippen molar-refractivity contribution in [2.45, 2.75) is 51.7 Å². The molecule has 128 valence electrons. The van der Waals surface area contributed by atoms with E-state index < -0.39 is 24.4 Å². The number of likely N-dealkylation sites (tertiary alicyclic amines) is 1. The Morgan fingerprint density at radius 2 is 2.00 bits per heavy atom. The van der Waals surface area contributed by atoms with Crippen LogP contribution in [-0.4, -0.2) is 52.3 Å². The van der Waals surface area contributed by atoms with Crippen molar-refractivity contribution < 1.29 is 18.9 Å². The molecule has 2 aliphatic heterocycles. The number of carbonyl (C=O) groups excluding carboxylic acids is 1. The minimum atomic E-state index is -0.658. The molecular formula is C15H21BN4O4. The van der Waals surface area contributed by atoms with E-state index in [9.17, 15) is 4.79 Å². The van der Waals surface area contributed by atoms with Crippen LogP contribution in [0.3, 0.4) is 0 Å². The van der Waals surface area contributed by atoms with Gasteiger partial charge in [-0.25, -0.2) is 4.79 Å². The van der Waals surface area contributed by atoms with E-state index in [1.54, 1.807) is 11.1 Å². The van der Waals surface area contributed by atoms with Gasteiger partial charge in [0, 0.05) is 18.6 Å². The summed E-state index contributed by atoms with van der Waals surface area (Å²) in [4.78, 5) is 19.8. The molecule has 0 bridgehead atoms. The lowest BCUT2D eigenvalue weighted by atomic mass is 9.79. The van der Waals surface area contributed by atoms with Crippen LogP contribution in [0.15, 0.2) is 6.20 Å². The van der Waals surface area contributed by atoms with E-state index in [4.69, 9.17) is 19.4 Å². The topological polar surface area (TPSA) is 89.6 Å². The lowest BCUT2D eigenvalue weighted by molar-refractivity contribution is 0.00578. The zero-order chi connectivity index (χ0) is 17.5. The normalized spacial score (nSPS) is 21.3. The lowest BCUT2D eigenvalue weighted by Gasteiger charge is -2.32. The highest BCUT2D eigenvalue weighted by atomic mass is 16.7. The molecule has 2 fully saturated rings. The average Bonchev–Trinajstić information content (AvgIpc) is 2.87. The van der Waals surface area contributed by atoms with Crippen LogP contribution in [0.4, 0.5) is 4.79 Å². The molecule has 0 unspecified atom stereocenters. The SMILES string of the molecule is CC1(C)OB(c2cn(OC(=O)N3CCC3)nc2CC#N)OC1(C)C. The molecule has 3 rings (SSSR count). The molecule has 9 heteroatoms. The van der Waals surface area contributed by atoms with Gasteiger partial charge in [0.2, 0.25) is 0 Å². The third-order valence-corrected chi connectivity index (χ3v) is 4.84. The molecule has 1 amide bonds. The summed E-state index contributed by atoms with van der Waals surface area (Å²) in [5.74, 6) is 0. The first kappa shape index (κ1) is 16.8. The number of nitrogens with zero attached hydrogens (tertiary/aromatic N) is 4. The molecule has 1 aromatic heterocycles. The van der Waals surface area contributed by atoms with E-state index in [-0.39, 0.29) is 6.42 Å². The summed E-state index contributed by atoms with van der Waals surface area (Å²) in [5, 5.41) is 13.2. The fraction of sp³-hybridized carbons (Fsp3) is 0.667. The van der Waals surface area contributed by atoms with Gasteiger partial charge < -0.3 is 14.2 Å². The Labute approximate surface area is 141 Å². The quantitative estimate of drug-likeness (QED) is 0.749. The summed E-state index contributed by atoms with van der Waals surface area (Å²) >= 11 is 0. The van der Waals surface area contributed by atoms with E-state index in [2.05, 4.69) is 11.2 Å². The number of carbonyl (C=O) groups is 1. The van der Waals surface area contributed by atoms with E-state index in [0.717, 1.165) is 11.3 Å². The third-order valence-electron chi connectivity index (χ3n) is 4.84. The van der Waals surface area contributed by atoms with Crippen LogP contribution in [0.2, 0.25) is 0 Å². The Balaban J connectivity index is 1.82. The van der Waals surface area contributed by atoms with Gasteiger partial charge in [-0.2, -0.15) is 5.26 Å². The second-order valence-corrected chi connectivity index (χ2v) is 7.05. The maximum atomic E-state index is 11.9. The lowest BCUT2D eigenvalue weighted by Crippen LogP contribution is -2.45. The maximum absolute atomic E-state index is 11.9. The van der Waals surface area contributed by atoms with Gasteiger partial charge in [0.1, 0.15) is 0 Å². The summed E-state index contributed by atoms with van der Waals surface area (Å²) in [5.41, 5.74) is 0.0784. The molecule has 0 saturated carbocycles. The summed E-state index contributed by atoms with van der Waals surface area (Å²) in [6.45, 7) is 9.18. The zero-order valence-corrected chi connectivity index (χ0v) is 14.4. The number of hydrogen-bond donors (Lipinski definition) is 0. The number of amides is 1. The fourth-order valence-corrected chi connectivity index (χ4v) is 2.46. The molecule has 8 nitrogen and oxygen atoms in total. The molecule has 1 aromatic rings. The van der Waals surface area contributed by atoms with Crippen molar-refractivity contribution >= 4 is 18.7 Å². The van der Waals surface area contributed by atoms with Gasteiger partial charge >= 0.3 is 13.2 Å².